The zero-order valence-corrected chi connectivity index (χ0v) is 15.5. The summed E-state index contributed by atoms with van der Waals surface area (Å²) >= 11 is 0. The number of benzene rings is 1. The number of nitrogens with zero attached hydrogens (tertiary/aromatic N) is 1. The molecule has 7 heteroatoms. The predicted molar refractivity (Wildman–Crippen MR) is 93.6 cm³/mol. The summed E-state index contributed by atoms with van der Waals surface area (Å²) in [5.74, 6) is -2.01. The maximum Gasteiger partial charge on any atom is 0.227 e. The summed E-state index contributed by atoms with van der Waals surface area (Å²) in [6.45, 7) is 7.11. The molecule has 0 saturated carbocycles. The summed E-state index contributed by atoms with van der Waals surface area (Å²) in [6.07, 6.45) is 1.54. The van der Waals surface area contributed by atoms with Gasteiger partial charge in [-0.2, -0.15) is 0 Å². The van der Waals surface area contributed by atoms with Gasteiger partial charge in [0.2, 0.25) is 11.8 Å². The van der Waals surface area contributed by atoms with Gasteiger partial charge in [-0.25, -0.2) is 8.78 Å². The van der Waals surface area contributed by atoms with Gasteiger partial charge in [0.1, 0.15) is 12.4 Å². The third-order valence-electron chi connectivity index (χ3n) is 4.28. The first-order chi connectivity index (χ1) is 12.2. The Balaban J connectivity index is 1.76. The molecule has 26 heavy (non-hydrogen) atoms. The minimum absolute atomic E-state index is 0.0525. The molecule has 1 aromatic rings. The maximum absolute atomic E-state index is 13.1. The van der Waals surface area contributed by atoms with E-state index in [0.717, 1.165) is 25.0 Å². The van der Waals surface area contributed by atoms with Crippen LogP contribution in [0.4, 0.5) is 8.78 Å². The predicted octanol–water partition coefficient (Wildman–Crippen LogP) is 2.74. The average Bonchev–Trinajstić information content (AvgIpc) is 2.60. The lowest BCUT2D eigenvalue weighted by atomic mass is 9.91. The fourth-order valence-corrected chi connectivity index (χ4v) is 2.90. The van der Waals surface area contributed by atoms with E-state index in [-0.39, 0.29) is 36.6 Å². The highest BCUT2D eigenvalue weighted by Crippen LogP contribution is 2.23. The van der Waals surface area contributed by atoms with Crippen molar-refractivity contribution in [2.45, 2.75) is 33.6 Å². The molecule has 5 nitrogen and oxygen atoms in total. The van der Waals surface area contributed by atoms with Crippen molar-refractivity contribution in [3.63, 3.8) is 0 Å². The van der Waals surface area contributed by atoms with Gasteiger partial charge < -0.3 is 15.0 Å². The Morgan fingerprint density at radius 1 is 1.27 bits per heavy atom. The van der Waals surface area contributed by atoms with Crippen LogP contribution in [0.3, 0.4) is 0 Å². The minimum Gasteiger partial charge on any atom is -0.492 e. The van der Waals surface area contributed by atoms with Gasteiger partial charge in [-0.3, -0.25) is 9.59 Å². The van der Waals surface area contributed by atoms with Crippen LogP contribution in [0.15, 0.2) is 18.2 Å². The molecule has 1 unspecified atom stereocenters. The second-order valence-electron chi connectivity index (χ2n) is 7.56. The van der Waals surface area contributed by atoms with Crippen molar-refractivity contribution in [3.8, 4) is 5.75 Å². The van der Waals surface area contributed by atoms with Crippen LogP contribution >= 0.6 is 0 Å². The van der Waals surface area contributed by atoms with Crippen molar-refractivity contribution in [1.82, 2.24) is 10.2 Å². The molecule has 144 valence electrons. The van der Waals surface area contributed by atoms with Crippen LogP contribution in [0, 0.1) is 23.0 Å². The van der Waals surface area contributed by atoms with Gasteiger partial charge in [0.15, 0.2) is 11.6 Å². The fourth-order valence-electron chi connectivity index (χ4n) is 2.90. The molecular weight excluding hydrogens is 342 g/mol. The maximum atomic E-state index is 13.1. The summed E-state index contributed by atoms with van der Waals surface area (Å²) in [5.41, 5.74) is -0.462. The van der Waals surface area contributed by atoms with Crippen molar-refractivity contribution in [2.24, 2.45) is 11.3 Å². The highest BCUT2D eigenvalue weighted by Gasteiger charge is 2.33. The molecule has 1 N–H and O–H groups in total. The summed E-state index contributed by atoms with van der Waals surface area (Å²) in [4.78, 5) is 26.4. The number of piperidine rings is 1. The van der Waals surface area contributed by atoms with Gasteiger partial charge in [0, 0.05) is 24.6 Å². The molecule has 0 bridgehead atoms. The molecule has 1 atom stereocenters. The highest BCUT2D eigenvalue weighted by atomic mass is 19.2. The van der Waals surface area contributed by atoms with Crippen LogP contribution in [0.2, 0.25) is 0 Å². The van der Waals surface area contributed by atoms with Crippen molar-refractivity contribution in [2.75, 3.05) is 26.2 Å². The van der Waals surface area contributed by atoms with E-state index < -0.39 is 17.0 Å². The van der Waals surface area contributed by atoms with E-state index in [1.807, 2.05) is 20.8 Å². The number of halogens is 2. The molecule has 0 aliphatic carbocycles. The van der Waals surface area contributed by atoms with Crippen LogP contribution < -0.4 is 10.1 Å². The normalized spacial score (nSPS) is 17.7. The number of nitrogens with one attached hydrogen (secondary N) is 1. The number of ether oxygens (including phenoxy) is 1. The van der Waals surface area contributed by atoms with Crippen LogP contribution in [0.25, 0.3) is 0 Å². The minimum atomic E-state index is -0.975. The quantitative estimate of drug-likeness (QED) is 0.813. The van der Waals surface area contributed by atoms with Crippen molar-refractivity contribution < 1.29 is 23.1 Å². The molecule has 0 aromatic heterocycles. The molecule has 0 spiro atoms. The van der Waals surface area contributed by atoms with E-state index in [4.69, 9.17) is 4.74 Å². The molecule has 1 aromatic carbocycles. The van der Waals surface area contributed by atoms with Gasteiger partial charge in [0.05, 0.1) is 12.5 Å². The molecular formula is C19H26F2N2O3. The Hall–Kier alpha value is -2.18. The van der Waals surface area contributed by atoms with E-state index in [1.165, 1.54) is 6.07 Å². The average molecular weight is 368 g/mol. The van der Waals surface area contributed by atoms with Crippen LogP contribution in [0.1, 0.15) is 33.6 Å². The number of carbonyl (C=O) groups is 2. The zero-order valence-electron chi connectivity index (χ0n) is 15.5. The van der Waals surface area contributed by atoms with Gasteiger partial charge in [-0.1, -0.05) is 20.8 Å². The Morgan fingerprint density at radius 2 is 2.00 bits per heavy atom. The first kappa shape index (κ1) is 20.1. The molecule has 2 amide bonds. The first-order valence-corrected chi connectivity index (χ1v) is 8.83. The number of hydrogen-bond donors (Lipinski definition) is 1. The summed E-state index contributed by atoms with van der Waals surface area (Å²) in [5, 5.41) is 2.78. The Morgan fingerprint density at radius 3 is 2.65 bits per heavy atom. The summed E-state index contributed by atoms with van der Waals surface area (Å²) < 4.78 is 31.2. The number of likely N-dealkylation sites (tertiary alicyclic amines) is 1. The number of carbonyl (C=O) groups excluding carboxylic acids is 2. The third-order valence-corrected chi connectivity index (χ3v) is 4.28. The van der Waals surface area contributed by atoms with Crippen LogP contribution in [-0.4, -0.2) is 43.0 Å². The van der Waals surface area contributed by atoms with Crippen LogP contribution in [-0.2, 0) is 9.59 Å². The number of rotatable bonds is 5. The lowest BCUT2D eigenvalue weighted by Crippen LogP contribution is -2.49. The van der Waals surface area contributed by atoms with Crippen molar-refractivity contribution in [3.05, 3.63) is 29.8 Å². The lowest BCUT2D eigenvalue weighted by molar-refractivity contribution is -0.142. The largest absolute Gasteiger partial charge is 0.492 e. The van der Waals surface area contributed by atoms with Gasteiger partial charge in [-0.05, 0) is 25.0 Å². The Kier molecular flexibility index (Phi) is 6.56. The molecule has 1 heterocycles. The van der Waals surface area contributed by atoms with E-state index >= 15 is 0 Å². The number of amides is 2. The van der Waals surface area contributed by atoms with E-state index in [2.05, 4.69) is 5.32 Å². The third kappa shape index (κ3) is 5.41. The molecule has 1 fully saturated rings. The van der Waals surface area contributed by atoms with Crippen molar-refractivity contribution >= 4 is 11.8 Å². The standard InChI is InChI=1S/C19H26F2N2O3/c1-19(2,3)18(25)23-9-4-5-13(12-23)17(24)22-8-10-26-14-6-7-15(20)16(21)11-14/h6-7,11,13H,4-5,8-10,12H2,1-3H3,(H,22,24). The van der Waals surface area contributed by atoms with Gasteiger partial charge in [0.25, 0.3) is 0 Å². The molecule has 1 aliphatic heterocycles. The Bertz CT molecular complexity index is 659. The van der Waals surface area contributed by atoms with Crippen molar-refractivity contribution in [1.29, 1.82) is 0 Å². The van der Waals surface area contributed by atoms with E-state index in [1.54, 1.807) is 4.90 Å². The summed E-state index contributed by atoms with van der Waals surface area (Å²) in [6, 6.07) is 3.29. The van der Waals surface area contributed by atoms with Gasteiger partial charge in [-0.15, -0.1) is 0 Å². The lowest BCUT2D eigenvalue weighted by Gasteiger charge is -2.35. The first-order valence-electron chi connectivity index (χ1n) is 8.83. The molecule has 1 saturated heterocycles. The Labute approximate surface area is 152 Å². The topological polar surface area (TPSA) is 58.6 Å². The smallest absolute Gasteiger partial charge is 0.227 e. The molecule has 1 aliphatic rings. The SMILES string of the molecule is CC(C)(C)C(=O)N1CCCC(C(=O)NCCOc2ccc(F)c(F)c2)C1. The monoisotopic (exact) mass is 368 g/mol. The highest BCUT2D eigenvalue weighted by molar-refractivity contribution is 5.83. The second-order valence-corrected chi connectivity index (χ2v) is 7.56. The van der Waals surface area contributed by atoms with E-state index in [9.17, 15) is 18.4 Å². The molecule has 2 rings (SSSR count). The zero-order chi connectivity index (χ0) is 19.3. The number of hydrogen-bond acceptors (Lipinski definition) is 3. The van der Waals surface area contributed by atoms with Gasteiger partial charge >= 0.3 is 0 Å². The second kappa shape index (κ2) is 8.47. The van der Waals surface area contributed by atoms with E-state index in [0.29, 0.717) is 13.1 Å². The van der Waals surface area contributed by atoms with Crippen LogP contribution in [0.5, 0.6) is 5.75 Å². The fraction of sp³-hybridized carbons (Fsp3) is 0.579. The molecule has 0 radical (unpaired) electrons. The summed E-state index contributed by atoms with van der Waals surface area (Å²) in [7, 11) is 0.